The van der Waals surface area contributed by atoms with Crippen LogP contribution in [0.3, 0.4) is 0 Å². The van der Waals surface area contributed by atoms with E-state index in [0.717, 1.165) is 31.3 Å². The highest BCUT2D eigenvalue weighted by Gasteiger charge is 2.33. The van der Waals surface area contributed by atoms with Crippen molar-refractivity contribution in [2.75, 3.05) is 39.3 Å². The molecule has 27 heavy (non-hydrogen) atoms. The van der Waals surface area contributed by atoms with E-state index in [1.807, 2.05) is 14.0 Å². The highest BCUT2D eigenvalue weighted by Crippen LogP contribution is 2.21. The third-order valence-electron chi connectivity index (χ3n) is 4.46. The quantitative estimate of drug-likeness (QED) is 0.351. The summed E-state index contributed by atoms with van der Waals surface area (Å²) < 4.78 is 39.6. The number of aromatic nitrogens is 3. The number of hydrogen-bond acceptors (Lipinski definition) is 4. The van der Waals surface area contributed by atoms with Crippen LogP contribution in [-0.4, -0.2) is 76.0 Å². The number of nitrogens with one attached hydrogen (secondary N) is 1. The molecule has 1 aliphatic rings. The van der Waals surface area contributed by atoms with Crippen LogP contribution in [0.2, 0.25) is 0 Å². The fraction of sp³-hybridized carbons (Fsp3) is 0.812. The van der Waals surface area contributed by atoms with Crippen molar-refractivity contribution < 1.29 is 13.2 Å². The second-order valence-electron chi connectivity index (χ2n) is 6.51. The molecule has 0 spiro atoms. The first-order chi connectivity index (χ1) is 12.3. The van der Waals surface area contributed by atoms with Crippen LogP contribution in [0.1, 0.15) is 26.1 Å². The maximum absolute atomic E-state index is 12.6. The van der Waals surface area contributed by atoms with Gasteiger partial charge in [-0.05, 0) is 25.8 Å². The van der Waals surface area contributed by atoms with Crippen molar-refractivity contribution in [1.82, 2.24) is 29.9 Å². The molecule has 1 aliphatic heterocycles. The molecule has 156 valence electrons. The number of rotatable bonds is 7. The lowest BCUT2D eigenvalue weighted by Crippen LogP contribution is -2.41. The number of alkyl halides is 3. The van der Waals surface area contributed by atoms with E-state index < -0.39 is 12.7 Å². The molecule has 0 bridgehead atoms. The predicted octanol–water partition coefficient (Wildman–Crippen LogP) is 2.10. The summed E-state index contributed by atoms with van der Waals surface area (Å²) in [6.07, 6.45) is -1.80. The van der Waals surface area contributed by atoms with Crippen molar-refractivity contribution in [3.05, 3.63) is 12.2 Å². The van der Waals surface area contributed by atoms with Crippen LogP contribution < -0.4 is 5.32 Å². The molecule has 1 atom stereocenters. The predicted molar refractivity (Wildman–Crippen MR) is 109 cm³/mol. The molecule has 1 aromatic heterocycles. The Balaban J connectivity index is 0.00000364. The molecule has 0 aliphatic carbocycles. The molecule has 1 unspecified atom stereocenters. The molecule has 11 heteroatoms. The van der Waals surface area contributed by atoms with Crippen LogP contribution in [0, 0.1) is 5.92 Å². The zero-order chi connectivity index (χ0) is 19.2. The highest BCUT2D eigenvalue weighted by atomic mass is 127. The van der Waals surface area contributed by atoms with Gasteiger partial charge in [0.05, 0.1) is 6.54 Å². The van der Waals surface area contributed by atoms with E-state index in [9.17, 15) is 13.2 Å². The molecule has 1 fully saturated rings. The van der Waals surface area contributed by atoms with Crippen LogP contribution in [0.15, 0.2) is 11.3 Å². The van der Waals surface area contributed by atoms with E-state index in [1.54, 1.807) is 11.6 Å². The van der Waals surface area contributed by atoms with Gasteiger partial charge in [-0.2, -0.15) is 18.3 Å². The number of hydrogen-bond donors (Lipinski definition) is 1. The number of aryl methyl sites for hydroxylation is 1. The maximum Gasteiger partial charge on any atom is 0.401 e. The number of likely N-dealkylation sites (tertiary alicyclic amines) is 1. The molecule has 0 radical (unpaired) electrons. The monoisotopic (exact) mass is 503 g/mol. The topological polar surface area (TPSA) is 61.6 Å². The van der Waals surface area contributed by atoms with E-state index in [-0.39, 0.29) is 29.9 Å². The van der Waals surface area contributed by atoms with E-state index in [2.05, 4.69) is 25.3 Å². The number of guanidine groups is 1. The van der Waals surface area contributed by atoms with Crippen LogP contribution in [0.25, 0.3) is 0 Å². The van der Waals surface area contributed by atoms with Gasteiger partial charge in [-0.15, -0.1) is 24.0 Å². The van der Waals surface area contributed by atoms with Crippen LogP contribution in [0.4, 0.5) is 13.2 Å². The number of nitrogens with zero attached hydrogens (tertiary/aromatic N) is 6. The van der Waals surface area contributed by atoms with E-state index in [1.165, 1.54) is 11.2 Å². The third kappa shape index (κ3) is 7.80. The van der Waals surface area contributed by atoms with Gasteiger partial charge < -0.3 is 10.2 Å². The molecule has 0 aromatic carbocycles. The SMILES string of the molecule is CCNC(=NCc1ncnn1C)N1CCC(CN(CC)CC(F)(F)F)C1.I. The Labute approximate surface area is 175 Å². The van der Waals surface area contributed by atoms with Gasteiger partial charge in [-0.3, -0.25) is 9.58 Å². The molecule has 0 saturated carbocycles. The Morgan fingerprint density at radius 1 is 1.41 bits per heavy atom. The van der Waals surface area contributed by atoms with Crippen molar-refractivity contribution in [3.8, 4) is 0 Å². The van der Waals surface area contributed by atoms with Crippen LogP contribution >= 0.6 is 24.0 Å². The average molecular weight is 503 g/mol. The summed E-state index contributed by atoms with van der Waals surface area (Å²) >= 11 is 0. The Morgan fingerprint density at radius 2 is 2.15 bits per heavy atom. The summed E-state index contributed by atoms with van der Waals surface area (Å²) in [5, 5.41) is 7.28. The smallest absolute Gasteiger partial charge is 0.357 e. The van der Waals surface area contributed by atoms with Crippen molar-refractivity contribution in [2.45, 2.75) is 33.0 Å². The Morgan fingerprint density at radius 3 is 2.70 bits per heavy atom. The van der Waals surface area contributed by atoms with Gasteiger partial charge >= 0.3 is 6.18 Å². The van der Waals surface area contributed by atoms with Gasteiger partial charge in [0.25, 0.3) is 0 Å². The van der Waals surface area contributed by atoms with Crippen molar-refractivity contribution in [3.63, 3.8) is 0 Å². The lowest BCUT2D eigenvalue weighted by atomic mass is 10.1. The van der Waals surface area contributed by atoms with Crippen molar-refractivity contribution in [1.29, 1.82) is 0 Å². The fourth-order valence-electron chi connectivity index (χ4n) is 3.13. The summed E-state index contributed by atoms with van der Waals surface area (Å²) in [6, 6.07) is 0. The van der Waals surface area contributed by atoms with Gasteiger partial charge in [-0.1, -0.05) is 6.92 Å². The second-order valence-corrected chi connectivity index (χ2v) is 6.51. The molecular weight excluding hydrogens is 474 g/mol. The van der Waals surface area contributed by atoms with Crippen molar-refractivity contribution >= 4 is 29.9 Å². The molecule has 1 aromatic rings. The lowest BCUT2D eigenvalue weighted by molar-refractivity contribution is -0.146. The summed E-state index contributed by atoms with van der Waals surface area (Å²) in [4.78, 5) is 12.4. The van der Waals surface area contributed by atoms with E-state index >= 15 is 0 Å². The number of halogens is 4. The summed E-state index contributed by atoms with van der Waals surface area (Å²) in [7, 11) is 1.82. The Kier molecular flexibility index (Phi) is 9.77. The Hall–Kier alpha value is -1.11. The van der Waals surface area contributed by atoms with Crippen LogP contribution in [-0.2, 0) is 13.6 Å². The van der Waals surface area contributed by atoms with Gasteiger partial charge in [0.1, 0.15) is 18.7 Å². The first kappa shape index (κ1) is 23.9. The number of aliphatic imine (C=N–C) groups is 1. The first-order valence-electron chi connectivity index (χ1n) is 8.97. The van der Waals surface area contributed by atoms with Gasteiger partial charge in [0.2, 0.25) is 0 Å². The minimum atomic E-state index is -4.15. The van der Waals surface area contributed by atoms with Crippen LogP contribution in [0.5, 0.6) is 0 Å². The molecule has 0 amide bonds. The zero-order valence-electron chi connectivity index (χ0n) is 16.0. The summed E-state index contributed by atoms with van der Waals surface area (Å²) in [6.45, 7) is 6.41. The van der Waals surface area contributed by atoms with E-state index in [4.69, 9.17) is 0 Å². The lowest BCUT2D eigenvalue weighted by Gasteiger charge is -2.26. The standard InChI is InChI=1S/C16H28F3N7.HI/c1-4-20-15(21-8-14-22-12-23-24(14)3)26-7-6-13(10-26)9-25(5-2)11-16(17,18)19;/h12-13H,4-11H2,1-3H3,(H,20,21);1H. The maximum atomic E-state index is 12.6. The largest absolute Gasteiger partial charge is 0.401 e. The normalized spacial score (nSPS) is 18.1. The molecule has 2 rings (SSSR count). The minimum Gasteiger partial charge on any atom is -0.357 e. The minimum absolute atomic E-state index is 0. The van der Waals surface area contributed by atoms with Gasteiger partial charge in [0.15, 0.2) is 5.96 Å². The molecule has 1 N–H and O–H groups in total. The molecular formula is C16H29F3IN7. The van der Waals surface area contributed by atoms with Crippen molar-refractivity contribution in [2.24, 2.45) is 18.0 Å². The highest BCUT2D eigenvalue weighted by molar-refractivity contribution is 14.0. The summed E-state index contributed by atoms with van der Waals surface area (Å²) in [5.41, 5.74) is 0. The van der Waals surface area contributed by atoms with Gasteiger partial charge in [-0.25, -0.2) is 9.98 Å². The molecule has 2 heterocycles. The zero-order valence-corrected chi connectivity index (χ0v) is 18.4. The second kappa shape index (κ2) is 11.0. The summed E-state index contributed by atoms with van der Waals surface area (Å²) in [5.74, 6) is 1.74. The first-order valence-corrected chi connectivity index (χ1v) is 8.97. The van der Waals surface area contributed by atoms with Gasteiger partial charge in [0, 0.05) is 33.2 Å². The fourth-order valence-corrected chi connectivity index (χ4v) is 3.13. The third-order valence-corrected chi connectivity index (χ3v) is 4.46. The Bertz CT molecular complexity index is 591. The van der Waals surface area contributed by atoms with E-state index in [0.29, 0.717) is 26.2 Å². The average Bonchev–Trinajstić information content (AvgIpc) is 3.19. The molecule has 1 saturated heterocycles. The molecule has 7 nitrogen and oxygen atoms in total.